The Bertz CT molecular complexity index is 798. The number of para-hydroxylation sites is 1. The maximum absolute atomic E-state index is 12.0. The van der Waals surface area contributed by atoms with Gasteiger partial charge in [0.15, 0.2) is 5.82 Å². The van der Waals surface area contributed by atoms with Gasteiger partial charge in [0.1, 0.15) is 5.69 Å². The number of aromatic nitrogens is 3. The summed E-state index contributed by atoms with van der Waals surface area (Å²) < 4.78 is 0. The van der Waals surface area contributed by atoms with E-state index >= 15 is 0 Å². The molecule has 3 aromatic rings. The van der Waals surface area contributed by atoms with Crippen LogP contribution in [0.3, 0.4) is 0 Å². The number of halogens is 1. The Labute approximate surface area is 117 Å². The lowest BCUT2D eigenvalue weighted by atomic mass is 10.2. The summed E-state index contributed by atoms with van der Waals surface area (Å²) in [7, 11) is 0. The molecular formula is C14H10BrN3O. The largest absolute Gasteiger partial charge is 0.305 e. The maximum atomic E-state index is 12.0. The molecule has 0 aliphatic rings. The quantitative estimate of drug-likeness (QED) is 0.740. The number of alkyl halides is 1. The van der Waals surface area contributed by atoms with E-state index in [0.29, 0.717) is 27.8 Å². The van der Waals surface area contributed by atoms with Gasteiger partial charge < -0.3 is 4.98 Å². The summed E-state index contributed by atoms with van der Waals surface area (Å²) in [5.41, 5.74) is 2.09. The van der Waals surface area contributed by atoms with Crippen molar-refractivity contribution in [1.82, 2.24) is 15.0 Å². The summed E-state index contributed by atoms with van der Waals surface area (Å²) in [5, 5.41) is 1.25. The summed E-state index contributed by atoms with van der Waals surface area (Å²) in [4.78, 5) is 23.6. The van der Waals surface area contributed by atoms with Gasteiger partial charge in [-0.3, -0.25) is 4.79 Å². The van der Waals surface area contributed by atoms with Crippen molar-refractivity contribution in [2.45, 2.75) is 5.33 Å². The number of H-pyrrole nitrogens is 1. The summed E-state index contributed by atoms with van der Waals surface area (Å²) in [6, 6.07) is 12.9. The summed E-state index contributed by atoms with van der Waals surface area (Å²) >= 11 is 3.36. The molecule has 0 radical (unpaired) electrons. The van der Waals surface area contributed by atoms with Crippen LogP contribution in [0.25, 0.3) is 22.4 Å². The average Bonchev–Trinajstić information content (AvgIpc) is 2.47. The van der Waals surface area contributed by atoms with Crippen LogP contribution in [0.2, 0.25) is 0 Å². The van der Waals surface area contributed by atoms with Crippen molar-refractivity contribution in [3.63, 3.8) is 0 Å². The highest BCUT2D eigenvalue weighted by Crippen LogP contribution is 2.15. The molecule has 0 saturated carbocycles. The van der Waals surface area contributed by atoms with Crippen LogP contribution in [0, 0.1) is 0 Å². The number of hydrogen-bond donors (Lipinski definition) is 1. The van der Waals surface area contributed by atoms with E-state index in [1.807, 2.05) is 36.4 Å². The fourth-order valence-electron chi connectivity index (χ4n) is 1.89. The van der Waals surface area contributed by atoms with Crippen molar-refractivity contribution in [2.75, 3.05) is 0 Å². The molecule has 1 aromatic carbocycles. The molecule has 5 heteroatoms. The SMILES string of the molecule is O=c1[nH]c(-c2cccc(CBr)n2)nc2ccccc12. The van der Waals surface area contributed by atoms with Gasteiger partial charge in [0, 0.05) is 5.33 Å². The van der Waals surface area contributed by atoms with Gasteiger partial charge in [-0.05, 0) is 24.3 Å². The van der Waals surface area contributed by atoms with Crippen molar-refractivity contribution in [3.8, 4) is 11.5 Å². The summed E-state index contributed by atoms with van der Waals surface area (Å²) in [6.45, 7) is 0. The van der Waals surface area contributed by atoms with E-state index in [0.717, 1.165) is 5.69 Å². The van der Waals surface area contributed by atoms with Crippen LogP contribution in [-0.4, -0.2) is 15.0 Å². The normalized spacial score (nSPS) is 10.8. The topological polar surface area (TPSA) is 58.6 Å². The zero-order valence-corrected chi connectivity index (χ0v) is 11.5. The molecule has 0 unspecified atom stereocenters. The predicted octanol–water partition coefficient (Wildman–Crippen LogP) is 2.88. The van der Waals surface area contributed by atoms with Gasteiger partial charge in [0.25, 0.3) is 5.56 Å². The minimum Gasteiger partial charge on any atom is -0.305 e. The highest BCUT2D eigenvalue weighted by molar-refractivity contribution is 9.08. The molecule has 0 bridgehead atoms. The monoisotopic (exact) mass is 315 g/mol. The van der Waals surface area contributed by atoms with Gasteiger partial charge in [-0.1, -0.05) is 34.1 Å². The lowest BCUT2D eigenvalue weighted by Gasteiger charge is -2.03. The lowest BCUT2D eigenvalue weighted by Crippen LogP contribution is -2.10. The molecule has 0 amide bonds. The first-order chi connectivity index (χ1) is 9.28. The first-order valence-corrected chi connectivity index (χ1v) is 6.91. The van der Waals surface area contributed by atoms with E-state index in [1.54, 1.807) is 6.07 Å². The molecule has 94 valence electrons. The molecule has 0 aliphatic carbocycles. The molecule has 0 fully saturated rings. The Balaban J connectivity index is 2.22. The van der Waals surface area contributed by atoms with E-state index in [-0.39, 0.29) is 5.56 Å². The minimum atomic E-state index is -0.147. The van der Waals surface area contributed by atoms with Crippen LogP contribution in [0.1, 0.15) is 5.69 Å². The van der Waals surface area contributed by atoms with Gasteiger partial charge in [-0.25, -0.2) is 9.97 Å². The zero-order valence-electron chi connectivity index (χ0n) is 9.93. The molecule has 0 aliphatic heterocycles. The molecule has 19 heavy (non-hydrogen) atoms. The highest BCUT2D eigenvalue weighted by atomic mass is 79.9. The van der Waals surface area contributed by atoms with E-state index in [1.165, 1.54) is 0 Å². The number of fused-ring (bicyclic) bond motifs is 1. The third-order valence-corrected chi connectivity index (χ3v) is 3.37. The minimum absolute atomic E-state index is 0.147. The molecule has 3 rings (SSSR count). The number of pyridine rings is 1. The first-order valence-electron chi connectivity index (χ1n) is 5.79. The first kappa shape index (κ1) is 12.0. The molecular weight excluding hydrogens is 306 g/mol. The number of nitrogens with zero attached hydrogens (tertiary/aromatic N) is 2. The van der Waals surface area contributed by atoms with Crippen LogP contribution >= 0.6 is 15.9 Å². The lowest BCUT2D eigenvalue weighted by molar-refractivity contribution is 1.11. The van der Waals surface area contributed by atoms with Gasteiger partial charge in [0.2, 0.25) is 0 Å². The van der Waals surface area contributed by atoms with Crippen LogP contribution in [0.4, 0.5) is 0 Å². The standard InChI is InChI=1S/C14H10BrN3O/c15-8-9-4-3-7-12(16-9)13-17-11-6-2-1-5-10(11)14(19)18-13/h1-7H,8H2,(H,17,18,19). The Kier molecular flexibility index (Phi) is 3.13. The fraction of sp³-hybridized carbons (Fsp3) is 0.0714. The molecule has 2 aromatic heterocycles. The molecule has 0 saturated heterocycles. The second-order valence-corrected chi connectivity index (χ2v) is 4.64. The molecule has 1 N–H and O–H groups in total. The smallest absolute Gasteiger partial charge is 0.259 e. The average molecular weight is 316 g/mol. The Hall–Kier alpha value is -2.01. The van der Waals surface area contributed by atoms with Crippen molar-refractivity contribution in [3.05, 3.63) is 58.5 Å². The second kappa shape index (κ2) is 4.93. The number of hydrogen-bond acceptors (Lipinski definition) is 3. The van der Waals surface area contributed by atoms with Crippen molar-refractivity contribution in [1.29, 1.82) is 0 Å². The van der Waals surface area contributed by atoms with Gasteiger partial charge in [0.05, 0.1) is 16.6 Å². The number of rotatable bonds is 2. The van der Waals surface area contributed by atoms with Crippen LogP contribution < -0.4 is 5.56 Å². The summed E-state index contributed by atoms with van der Waals surface area (Å²) in [6.07, 6.45) is 0. The Morgan fingerprint density at radius 3 is 2.74 bits per heavy atom. The number of aromatic amines is 1. The summed E-state index contributed by atoms with van der Waals surface area (Å²) in [5.74, 6) is 0.492. The molecule has 0 atom stereocenters. The third kappa shape index (κ3) is 2.29. The molecule has 2 heterocycles. The highest BCUT2D eigenvalue weighted by Gasteiger charge is 2.06. The van der Waals surface area contributed by atoms with Gasteiger partial charge >= 0.3 is 0 Å². The van der Waals surface area contributed by atoms with E-state index in [2.05, 4.69) is 30.9 Å². The van der Waals surface area contributed by atoms with E-state index in [4.69, 9.17) is 0 Å². The van der Waals surface area contributed by atoms with Crippen LogP contribution in [0.5, 0.6) is 0 Å². The van der Waals surface area contributed by atoms with Crippen molar-refractivity contribution in [2.24, 2.45) is 0 Å². The van der Waals surface area contributed by atoms with Crippen molar-refractivity contribution >= 4 is 26.8 Å². The Morgan fingerprint density at radius 2 is 1.89 bits per heavy atom. The van der Waals surface area contributed by atoms with Gasteiger partial charge in [-0.2, -0.15) is 0 Å². The van der Waals surface area contributed by atoms with E-state index in [9.17, 15) is 4.79 Å². The van der Waals surface area contributed by atoms with Crippen molar-refractivity contribution < 1.29 is 0 Å². The van der Waals surface area contributed by atoms with Crippen LogP contribution in [0.15, 0.2) is 47.3 Å². The zero-order chi connectivity index (χ0) is 13.2. The fourth-order valence-corrected chi connectivity index (χ4v) is 2.21. The van der Waals surface area contributed by atoms with Gasteiger partial charge in [-0.15, -0.1) is 0 Å². The third-order valence-electron chi connectivity index (χ3n) is 2.80. The second-order valence-electron chi connectivity index (χ2n) is 4.08. The molecule has 4 nitrogen and oxygen atoms in total. The predicted molar refractivity (Wildman–Crippen MR) is 78.2 cm³/mol. The maximum Gasteiger partial charge on any atom is 0.259 e. The molecule has 0 spiro atoms. The number of nitrogens with one attached hydrogen (secondary N) is 1. The van der Waals surface area contributed by atoms with Crippen LogP contribution in [-0.2, 0) is 5.33 Å². The Morgan fingerprint density at radius 1 is 1.05 bits per heavy atom. The number of benzene rings is 1. The van der Waals surface area contributed by atoms with E-state index < -0.39 is 0 Å².